The topological polar surface area (TPSA) is 69.6 Å². The number of carboxylic acid groups (broad SMARTS) is 1. The number of rotatable bonds is 2. The molecule has 3 unspecified atom stereocenters. The summed E-state index contributed by atoms with van der Waals surface area (Å²) in [5, 5.41) is 12.0. The van der Waals surface area contributed by atoms with Gasteiger partial charge in [-0.15, -0.1) is 0 Å². The van der Waals surface area contributed by atoms with E-state index in [2.05, 4.69) is 19.2 Å². The first-order valence-electron chi connectivity index (χ1n) is 7.18. The van der Waals surface area contributed by atoms with Crippen molar-refractivity contribution in [1.29, 1.82) is 0 Å². The van der Waals surface area contributed by atoms with Gasteiger partial charge in [-0.05, 0) is 44.4 Å². The molecule has 5 heteroatoms. The van der Waals surface area contributed by atoms with E-state index in [0.717, 1.165) is 12.8 Å². The van der Waals surface area contributed by atoms with E-state index in [9.17, 15) is 14.7 Å². The highest BCUT2D eigenvalue weighted by Gasteiger charge is 2.47. The molecule has 2 fully saturated rings. The number of nitrogens with zero attached hydrogens (tertiary/aromatic N) is 1. The van der Waals surface area contributed by atoms with Gasteiger partial charge in [-0.2, -0.15) is 0 Å². The van der Waals surface area contributed by atoms with E-state index in [1.54, 1.807) is 0 Å². The Morgan fingerprint density at radius 1 is 1.26 bits per heavy atom. The fourth-order valence-corrected chi connectivity index (χ4v) is 3.18. The maximum atomic E-state index is 12.4. The molecule has 3 atom stereocenters. The zero-order valence-corrected chi connectivity index (χ0v) is 12.0. The molecule has 0 spiro atoms. The van der Waals surface area contributed by atoms with Crippen LogP contribution in [0.25, 0.3) is 0 Å². The van der Waals surface area contributed by atoms with Gasteiger partial charge >= 0.3 is 12.0 Å². The highest BCUT2D eigenvalue weighted by atomic mass is 16.4. The second-order valence-electron chi connectivity index (χ2n) is 6.38. The van der Waals surface area contributed by atoms with E-state index in [4.69, 9.17) is 0 Å². The second-order valence-corrected chi connectivity index (χ2v) is 6.38. The highest BCUT2D eigenvalue weighted by Crippen LogP contribution is 2.33. The lowest BCUT2D eigenvalue weighted by atomic mass is 9.77. The second kappa shape index (κ2) is 5.02. The summed E-state index contributed by atoms with van der Waals surface area (Å²) < 4.78 is 0. The first-order valence-corrected chi connectivity index (χ1v) is 7.18. The van der Waals surface area contributed by atoms with Crippen LogP contribution in [0.15, 0.2) is 0 Å². The molecule has 2 aliphatic rings. The molecule has 19 heavy (non-hydrogen) atoms. The number of carboxylic acids is 1. The number of carbonyl (C=O) groups is 2. The predicted octanol–water partition coefficient (Wildman–Crippen LogP) is 2.07. The normalized spacial score (nSPS) is 33.4. The zero-order valence-electron chi connectivity index (χ0n) is 12.0. The third kappa shape index (κ3) is 2.55. The van der Waals surface area contributed by atoms with Crippen LogP contribution < -0.4 is 5.32 Å². The Morgan fingerprint density at radius 3 is 2.37 bits per heavy atom. The Kier molecular flexibility index (Phi) is 3.74. The van der Waals surface area contributed by atoms with Gasteiger partial charge in [-0.25, -0.2) is 9.59 Å². The molecule has 5 nitrogen and oxygen atoms in total. The minimum absolute atomic E-state index is 0.169. The van der Waals surface area contributed by atoms with Gasteiger partial charge in [-0.1, -0.05) is 13.8 Å². The minimum atomic E-state index is -1.01. The summed E-state index contributed by atoms with van der Waals surface area (Å²) in [6.07, 6.45) is 3.08. The van der Waals surface area contributed by atoms with Gasteiger partial charge in [0.25, 0.3) is 0 Å². The Labute approximate surface area is 114 Å². The summed E-state index contributed by atoms with van der Waals surface area (Å²) in [5.41, 5.74) is -1.01. The van der Waals surface area contributed by atoms with Crippen molar-refractivity contribution in [1.82, 2.24) is 10.2 Å². The summed E-state index contributed by atoms with van der Waals surface area (Å²) in [6, 6.07) is -0.0462. The van der Waals surface area contributed by atoms with Crippen molar-refractivity contribution in [3.05, 3.63) is 0 Å². The maximum Gasteiger partial charge on any atom is 0.329 e. The molecular formula is C14H24N2O3. The van der Waals surface area contributed by atoms with Crippen molar-refractivity contribution in [2.45, 2.75) is 58.0 Å². The predicted molar refractivity (Wildman–Crippen MR) is 71.9 cm³/mol. The highest BCUT2D eigenvalue weighted by molar-refractivity contribution is 5.87. The van der Waals surface area contributed by atoms with Gasteiger partial charge in [0, 0.05) is 12.6 Å². The van der Waals surface area contributed by atoms with Crippen molar-refractivity contribution >= 4 is 12.0 Å². The monoisotopic (exact) mass is 268 g/mol. The standard InChI is InChI=1S/C14H24N2O3/c1-9-7-10(2)11(3)16(8-9)13(19)15-14(12(17)18)5-4-6-14/h9-11H,4-8H2,1-3H3,(H,15,19)(H,17,18). The molecule has 1 saturated carbocycles. The molecule has 0 bridgehead atoms. The van der Waals surface area contributed by atoms with Crippen LogP contribution in [0, 0.1) is 11.8 Å². The number of nitrogens with one attached hydrogen (secondary N) is 1. The lowest BCUT2D eigenvalue weighted by Gasteiger charge is -2.44. The molecule has 2 rings (SSSR count). The van der Waals surface area contributed by atoms with Crippen LogP contribution in [0.5, 0.6) is 0 Å². The van der Waals surface area contributed by atoms with Crippen molar-refractivity contribution in [3.8, 4) is 0 Å². The minimum Gasteiger partial charge on any atom is -0.480 e. The molecule has 0 aromatic heterocycles. The van der Waals surface area contributed by atoms with Gasteiger partial charge in [0.1, 0.15) is 5.54 Å². The van der Waals surface area contributed by atoms with Crippen LogP contribution in [0.4, 0.5) is 4.79 Å². The van der Waals surface area contributed by atoms with Gasteiger partial charge in [0.15, 0.2) is 0 Å². The summed E-state index contributed by atoms with van der Waals surface area (Å²) in [7, 11) is 0. The van der Waals surface area contributed by atoms with Gasteiger partial charge in [0.2, 0.25) is 0 Å². The van der Waals surface area contributed by atoms with E-state index in [-0.39, 0.29) is 12.1 Å². The zero-order chi connectivity index (χ0) is 14.2. The quantitative estimate of drug-likeness (QED) is 0.805. The van der Waals surface area contributed by atoms with E-state index in [0.29, 0.717) is 31.2 Å². The fraction of sp³-hybridized carbons (Fsp3) is 0.857. The van der Waals surface area contributed by atoms with Crippen LogP contribution >= 0.6 is 0 Å². The van der Waals surface area contributed by atoms with Crippen LogP contribution in [-0.4, -0.2) is 40.1 Å². The molecule has 108 valence electrons. The average molecular weight is 268 g/mol. The first-order chi connectivity index (χ1) is 8.85. The molecule has 2 N–H and O–H groups in total. The van der Waals surface area contributed by atoms with Crippen LogP contribution in [0.1, 0.15) is 46.5 Å². The molecule has 0 aromatic carbocycles. The van der Waals surface area contributed by atoms with Crippen molar-refractivity contribution in [2.75, 3.05) is 6.54 Å². The number of hydrogen-bond donors (Lipinski definition) is 2. The summed E-state index contributed by atoms with van der Waals surface area (Å²) in [5.74, 6) is 0.0219. The lowest BCUT2D eigenvalue weighted by Crippen LogP contribution is -2.64. The Morgan fingerprint density at radius 2 is 1.89 bits per heavy atom. The maximum absolute atomic E-state index is 12.4. The van der Waals surface area contributed by atoms with E-state index in [1.165, 1.54) is 0 Å². The third-order valence-electron chi connectivity index (χ3n) is 4.82. The number of carbonyl (C=O) groups excluding carboxylic acids is 1. The number of amides is 2. The van der Waals surface area contributed by atoms with Crippen molar-refractivity contribution in [2.24, 2.45) is 11.8 Å². The molecule has 1 heterocycles. The number of aliphatic carboxylic acids is 1. The summed E-state index contributed by atoms with van der Waals surface area (Å²) >= 11 is 0. The summed E-state index contributed by atoms with van der Waals surface area (Å²) in [6.45, 7) is 7.05. The third-order valence-corrected chi connectivity index (χ3v) is 4.82. The molecule has 0 radical (unpaired) electrons. The van der Waals surface area contributed by atoms with Crippen LogP contribution in [-0.2, 0) is 4.79 Å². The Bertz CT molecular complexity index is 379. The molecule has 1 aliphatic heterocycles. The summed E-state index contributed by atoms with van der Waals surface area (Å²) in [4.78, 5) is 25.5. The van der Waals surface area contributed by atoms with Crippen LogP contribution in [0.2, 0.25) is 0 Å². The van der Waals surface area contributed by atoms with Crippen molar-refractivity contribution in [3.63, 3.8) is 0 Å². The fourth-order valence-electron chi connectivity index (χ4n) is 3.18. The van der Waals surface area contributed by atoms with Crippen LogP contribution in [0.3, 0.4) is 0 Å². The average Bonchev–Trinajstić information content (AvgIpc) is 2.27. The molecule has 2 amide bonds. The van der Waals surface area contributed by atoms with E-state index < -0.39 is 11.5 Å². The molecular weight excluding hydrogens is 244 g/mol. The van der Waals surface area contributed by atoms with E-state index in [1.807, 2.05) is 11.8 Å². The van der Waals surface area contributed by atoms with Crippen molar-refractivity contribution < 1.29 is 14.7 Å². The van der Waals surface area contributed by atoms with Gasteiger partial charge < -0.3 is 15.3 Å². The number of piperidine rings is 1. The molecule has 0 aromatic rings. The SMILES string of the molecule is CC1CC(C)C(C)N(C(=O)NC2(C(=O)O)CCC2)C1. The number of likely N-dealkylation sites (tertiary alicyclic amines) is 1. The lowest BCUT2D eigenvalue weighted by molar-refractivity contribution is -0.148. The Balaban J connectivity index is 2.04. The van der Waals surface area contributed by atoms with Gasteiger partial charge in [0.05, 0.1) is 0 Å². The van der Waals surface area contributed by atoms with Gasteiger partial charge in [-0.3, -0.25) is 0 Å². The Hall–Kier alpha value is -1.26. The first kappa shape index (κ1) is 14.2. The number of hydrogen-bond acceptors (Lipinski definition) is 2. The van der Waals surface area contributed by atoms with E-state index >= 15 is 0 Å². The number of urea groups is 1. The molecule has 1 saturated heterocycles. The molecule has 1 aliphatic carbocycles. The largest absolute Gasteiger partial charge is 0.480 e. The smallest absolute Gasteiger partial charge is 0.329 e.